The Labute approximate surface area is 234 Å². The molecular formula is C30H41F2N5OS. The van der Waals surface area contributed by atoms with Gasteiger partial charge in [0.2, 0.25) is 5.92 Å². The van der Waals surface area contributed by atoms with E-state index >= 15 is 0 Å². The van der Waals surface area contributed by atoms with E-state index in [0.717, 1.165) is 92.3 Å². The molecule has 6 nitrogen and oxygen atoms in total. The zero-order valence-electron chi connectivity index (χ0n) is 23.8. The number of fused-ring (bicyclic) bond motifs is 2. The number of nitrogens with zero attached hydrogens (tertiary/aromatic N) is 5. The molecule has 1 aliphatic carbocycles. The van der Waals surface area contributed by atoms with E-state index in [0.29, 0.717) is 5.92 Å². The Balaban J connectivity index is 1.11. The average Bonchev–Trinajstić information content (AvgIpc) is 3.48. The van der Waals surface area contributed by atoms with Crippen molar-refractivity contribution in [3.63, 3.8) is 0 Å². The molecule has 0 bridgehead atoms. The second-order valence-corrected chi connectivity index (χ2v) is 13.5. The van der Waals surface area contributed by atoms with Crippen LogP contribution in [0, 0.1) is 5.92 Å². The van der Waals surface area contributed by atoms with Crippen LogP contribution < -0.4 is 0 Å². The van der Waals surface area contributed by atoms with Gasteiger partial charge in [-0.05, 0) is 70.0 Å². The van der Waals surface area contributed by atoms with Gasteiger partial charge in [0.05, 0.1) is 21.8 Å². The fourth-order valence-electron chi connectivity index (χ4n) is 6.47. The molecule has 5 rings (SSSR count). The lowest BCUT2D eigenvalue weighted by Crippen LogP contribution is -2.40. The summed E-state index contributed by atoms with van der Waals surface area (Å²) in [7, 11) is 3.83. The molecule has 212 valence electrons. The van der Waals surface area contributed by atoms with Crippen molar-refractivity contribution in [3.05, 3.63) is 45.5 Å². The highest BCUT2D eigenvalue weighted by Crippen LogP contribution is 2.39. The minimum Gasteiger partial charge on any atom is -0.339 e. The second-order valence-electron chi connectivity index (χ2n) is 12.5. The summed E-state index contributed by atoms with van der Waals surface area (Å²) < 4.78 is 29.2. The summed E-state index contributed by atoms with van der Waals surface area (Å²) >= 11 is 1.63. The van der Waals surface area contributed by atoms with Gasteiger partial charge < -0.3 is 4.90 Å². The lowest BCUT2D eigenvalue weighted by atomic mass is 9.83. The monoisotopic (exact) mass is 557 g/mol. The molecule has 0 atom stereocenters. The minimum atomic E-state index is -2.70. The standard InChI is InChI=1S/C30H41F2N5OS/c1-29(2,19-30(3,31)32)28-33-25-18-37(16-14-26(25)39-28)15-13-20-9-11-21(12-10-20)36(5)27(38)22-7-6-8-24-23(22)17-35(4)34-24/h6-8,17,20-21H,9-16,18-19H2,1-5H3. The van der Waals surface area contributed by atoms with Crippen LogP contribution >= 0.6 is 11.3 Å². The lowest BCUT2D eigenvalue weighted by molar-refractivity contribution is -0.00577. The summed E-state index contributed by atoms with van der Waals surface area (Å²) in [6.45, 7) is 7.62. The number of halogens is 2. The molecule has 3 aromatic rings. The number of hydrogen-bond donors (Lipinski definition) is 0. The molecule has 1 amide bonds. The molecule has 0 spiro atoms. The van der Waals surface area contributed by atoms with Gasteiger partial charge in [-0.15, -0.1) is 11.3 Å². The molecular weight excluding hydrogens is 516 g/mol. The smallest absolute Gasteiger partial charge is 0.254 e. The molecule has 0 saturated heterocycles. The van der Waals surface area contributed by atoms with Crippen LogP contribution in [0.3, 0.4) is 0 Å². The van der Waals surface area contributed by atoms with Crippen LogP contribution in [0.4, 0.5) is 8.78 Å². The second kappa shape index (κ2) is 10.9. The SMILES string of the molecule is CN(C(=O)c1cccc2nn(C)cc12)C1CCC(CCN2CCc3sc(C(C)(C)CC(C)(F)F)nc3C2)CC1. The molecule has 2 aromatic heterocycles. The van der Waals surface area contributed by atoms with Crippen LogP contribution in [-0.2, 0) is 25.4 Å². The van der Waals surface area contributed by atoms with Gasteiger partial charge in [-0.3, -0.25) is 14.4 Å². The highest BCUT2D eigenvalue weighted by molar-refractivity contribution is 7.11. The predicted molar refractivity (Wildman–Crippen MR) is 153 cm³/mol. The van der Waals surface area contributed by atoms with Crippen LogP contribution in [0.15, 0.2) is 24.4 Å². The molecule has 1 saturated carbocycles. The van der Waals surface area contributed by atoms with Gasteiger partial charge in [-0.25, -0.2) is 13.8 Å². The number of amides is 1. The largest absolute Gasteiger partial charge is 0.339 e. The maximum Gasteiger partial charge on any atom is 0.254 e. The lowest BCUT2D eigenvalue weighted by Gasteiger charge is -2.36. The van der Waals surface area contributed by atoms with Crippen molar-refractivity contribution in [2.45, 2.75) is 89.6 Å². The van der Waals surface area contributed by atoms with Gasteiger partial charge in [-0.1, -0.05) is 19.9 Å². The van der Waals surface area contributed by atoms with Gasteiger partial charge >= 0.3 is 0 Å². The number of aryl methyl sites for hydroxylation is 1. The van der Waals surface area contributed by atoms with Crippen LogP contribution in [0.2, 0.25) is 0 Å². The van der Waals surface area contributed by atoms with Crippen LogP contribution in [0.25, 0.3) is 10.9 Å². The van der Waals surface area contributed by atoms with Crippen molar-refractivity contribution in [1.82, 2.24) is 24.6 Å². The van der Waals surface area contributed by atoms with Crippen LogP contribution in [0.5, 0.6) is 0 Å². The van der Waals surface area contributed by atoms with E-state index in [1.807, 2.05) is 57.2 Å². The summed E-state index contributed by atoms with van der Waals surface area (Å²) in [5.41, 5.74) is 2.04. The predicted octanol–water partition coefficient (Wildman–Crippen LogP) is 6.43. The Hall–Kier alpha value is -2.39. The number of rotatable bonds is 8. The van der Waals surface area contributed by atoms with Gasteiger partial charge in [0.1, 0.15) is 0 Å². The Morgan fingerprint density at radius 2 is 1.92 bits per heavy atom. The number of thiazole rings is 1. The molecule has 1 fully saturated rings. The van der Waals surface area contributed by atoms with Crippen molar-refractivity contribution in [1.29, 1.82) is 0 Å². The number of carbonyl (C=O) groups is 1. The van der Waals surface area contributed by atoms with E-state index in [2.05, 4.69) is 10.00 Å². The van der Waals surface area contributed by atoms with Crippen molar-refractivity contribution < 1.29 is 13.6 Å². The summed E-state index contributed by atoms with van der Waals surface area (Å²) in [6, 6.07) is 6.03. The molecule has 0 N–H and O–H groups in total. The van der Waals surface area contributed by atoms with Gasteiger partial charge in [0, 0.05) is 61.5 Å². The van der Waals surface area contributed by atoms with E-state index in [-0.39, 0.29) is 18.4 Å². The van der Waals surface area contributed by atoms with Crippen molar-refractivity contribution in [3.8, 4) is 0 Å². The van der Waals surface area contributed by atoms with E-state index < -0.39 is 11.3 Å². The van der Waals surface area contributed by atoms with Gasteiger partial charge in [-0.2, -0.15) is 5.10 Å². The summed E-state index contributed by atoms with van der Waals surface area (Å²) in [5.74, 6) is -1.95. The van der Waals surface area contributed by atoms with E-state index in [1.54, 1.807) is 16.0 Å². The molecule has 2 aliphatic rings. The molecule has 3 heterocycles. The van der Waals surface area contributed by atoms with Crippen molar-refractivity contribution in [2.75, 3.05) is 20.1 Å². The first-order valence-electron chi connectivity index (χ1n) is 14.2. The maximum atomic E-state index is 13.7. The van der Waals surface area contributed by atoms with Crippen LogP contribution in [0.1, 0.15) is 85.2 Å². The highest BCUT2D eigenvalue weighted by atomic mass is 32.1. The molecule has 1 aliphatic heterocycles. The summed E-state index contributed by atoms with van der Waals surface area (Å²) in [6.07, 6.45) is 8.19. The molecule has 39 heavy (non-hydrogen) atoms. The number of alkyl halides is 2. The summed E-state index contributed by atoms with van der Waals surface area (Å²) in [5, 5.41) is 6.20. The van der Waals surface area contributed by atoms with E-state index in [1.165, 1.54) is 4.88 Å². The maximum absolute atomic E-state index is 13.7. The first kappa shape index (κ1) is 28.1. The highest BCUT2D eigenvalue weighted by Gasteiger charge is 2.37. The quantitative estimate of drug-likeness (QED) is 0.320. The zero-order chi connectivity index (χ0) is 27.9. The minimum absolute atomic E-state index is 0.0784. The van der Waals surface area contributed by atoms with Gasteiger partial charge in [0.15, 0.2) is 0 Å². The molecule has 0 unspecified atom stereocenters. The third-order valence-corrected chi connectivity index (χ3v) is 10.1. The van der Waals surface area contributed by atoms with Gasteiger partial charge in [0.25, 0.3) is 5.91 Å². The Bertz CT molecular complexity index is 1320. The third kappa shape index (κ3) is 6.35. The number of aromatic nitrogens is 3. The Kier molecular flexibility index (Phi) is 7.85. The first-order valence-corrected chi connectivity index (χ1v) is 15.0. The van der Waals surface area contributed by atoms with Crippen molar-refractivity contribution in [2.24, 2.45) is 13.0 Å². The summed E-state index contributed by atoms with van der Waals surface area (Å²) in [4.78, 5) is 23.9. The third-order valence-electron chi connectivity index (χ3n) is 8.57. The number of carbonyl (C=O) groups excluding carboxylic acids is 1. The zero-order valence-corrected chi connectivity index (χ0v) is 24.7. The fraction of sp³-hybridized carbons (Fsp3) is 0.633. The number of benzene rings is 1. The average molecular weight is 558 g/mol. The number of hydrogen-bond acceptors (Lipinski definition) is 5. The van der Waals surface area contributed by atoms with Crippen LogP contribution in [-0.4, -0.2) is 62.6 Å². The molecule has 1 aromatic carbocycles. The topological polar surface area (TPSA) is 54.3 Å². The van der Waals surface area contributed by atoms with E-state index in [4.69, 9.17) is 4.98 Å². The Morgan fingerprint density at radius 3 is 2.64 bits per heavy atom. The van der Waals surface area contributed by atoms with E-state index in [9.17, 15) is 13.6 Å². The Morgan fingerprint density at radius 1 is 1.18 bits per heavy atom. The fourth-order valence-corrected chi connectivity index (χ4v) is 7.63. The molecule has 9 heteroatoms. The molecule has 0 radical (unpaired) electrons. The van der Waals surface area contributed by atoms with Crippen molar-refractivity contribution >= 4 is 28.1 Å². The first-order chi connectivity index (χ1) is 18.4. The normalized spacial score (nSPS) is 20.8.